The van der Waals surface area contributed by atoms with Crippen LogP contribution in [-0.2, 0) is 13.0 Å². The van der Waals surface area contributed by atoms with E-state index in [1.807, 2.05) is 42.6 Å². The van der Waals surface area contributed by atoms with Gasteiger partial charge in [0.25, 0.3) is 5.91 Å². The number of unbranched alkanes of at least 4 members (excludes halogenated alkanes) is 1. The molecule has 0 spiro atoms. The fourth-order valence-corrected chi connectivity index (χ4v) is 4.99. The van der Waals surface area contributed by atoms with Crippen LogP contribution in [0.4, 0.5) is 23.0 Å². The van der Waals surface area contributed by atoms with E-state index in [0.29, 0.717) is 35.1 Å². The van der Waals surface area contributed by atoms with E-state index >= 15 is 0 Å². The minimum atomic E-state index is -0.186. The molecule has 1 aliphatic rings. The average Bonchev–Trinajstić information content (AvgIpc) is 3.01. The Balaban J connectivity index is 1.24. The number of likely N-dealkylation sites (N-methyl/N-ethyl adjacent to an activating group) is 1. The maximum absolute atomic E-state index is 13.0. The molecular formula is C32H39N9O. The lowest BCUT2D eigenvalue weighted by molar-refractivity contribution is 0.102. The second kappa shape index (κ2) is 14.0. The van der Waals surface area contributed by atoms with Crippen molar-refractivity contribution < 1.29 is 4.79 Å². The van der Waals surface area contributed by atoms with Gasteiger partial charge in [-0.1, -0.05) is 12.1 Å². The SMILES string of the molecule is CN1CCN(Cc2ccc(C(=O)Nc3ccc(N)c(Nc4nccc(-c5cnccc5CCCCN)n4)c3)cc2)CC1. The number of piperazine rings is 1. The van der Waals surface area contributed by atoms with Gasteiger partial charge in [-0.2, -0.15) is 0 Å². The molecule has 0 saturated carbocycles. The van der Waals surface area contributed by atoms with Gasteiger partial charge in [0.15, 0.2) is 0 Å². The van der Waals surface area contributed by atoms with E-state index in [0.717, 1.165) is 63.2 Å². The van der Waals surface area contributed by atoms with Crippen LogP contribution in [0.15, 0.2) is 73.2 Å². The number of nitrogens with two attached hydrogens (primary N) is 2. The van der Waals surface area contributed by atoms with Crippen molar-refractivity contribution in [2.24, 2.45) is 5.73 Å². The van der Waals surface area contributed by atoms with Gasteiger partial charge in [0.05, 0.1) is 17.1 Å². The normalized spacial score (nSPS) is 14.0. The summed E-state index contributed by atoms with van der Waals surface area (Å²) >= 11 is 0. The van der Waals surface area contributed by atoms with Crippen LogP contribution in [0.2, 0.25) is 0 Å². The van der Waals surface area contributed by atoms with Gasteiger partial charge in [-0.05, 0) is 86.4 Å². The second-order valence-electron chi connectivity index (χ2n) is 10.7. The van der Waals surface area contributed by atoms with Crippen LogP contribution >= 0.6 is 0 Å². The van der Waals surface area contributed by atoms with Gasteiger partial charge in [-0.15, -0.1) is 0 Å². The van der Waals surface area contributed by atoms with Crippen molar-refractivity contribution in [3.8, 4) is 11.3 Å². The molecule has 0 unspecified atom stereocenters. The van der Waals surface area contributed by atoms with E-state index in [9.17, 15) is 4.79 Å². The van der Waals surface area contributed by atoms with Gasteiger partial charge in [0, 0.05) is 68.1 Å². The molecule has 42 heavy (non-hydrogen) atoms. The van der Waals surface area contributed by atoms with Gasteiger partial charge in [-0.3, -0.25) is 14.7 Å². The molecule has 10 heteroatoms. The number of pyridine rings is 1. The average molecular weight is 566 g/mol. The summed E-state index contributed by atoms with van der Waals surface area (Å²) in [5.74, 6) is 0.212. The predicted octanol–water partition coefficient (Wildman–Crippen LogP) is 4.15. The van der Waals surface area contributed by atoms with E-state index in [4.69, 9.17) is 16.5 Å². The third-order valence-corrected chi connectivity index (χ3v) is 7.52. The van der Waals surface area contributed by atoms with Crippen molar-refractivity contribution in [2.75, 3.05) is 56.1 Å². The van der Waals surface area contributed by atoms with Crippen LogP contribution in [0.5, 0.6) is 0 Å². The molecule has 1 fully saturated rings. The van der Waals surface area contributed by atoms with E-state index in [2.05, 4.69) is 37.4 Å². The first-order valence-electron chi connectivity index (χ1n) is 14.4. The predicted molar refractivity (Wildman–Crippen MR) is 169 cm³/mol. The Bertz CT molecular complexity index is 1480. The van der Waals surface area contributed by atoms with E-state index in [1.54, 1.807) is 30.6 Å². The molecule has 0 radical (unpaired) electrons. The number of nitrogen functional groups attached to an aromatic ring is 1. The lowest BCUT2D eigenvalue weighted by Crippen LogP contribution is -2.43. The highest BCUT2D eigenvalue weighted by atomic mass is 16.1. The number of nitrogens with one attached hydrogen (secondary N) is 2. The molecule has 0 atom stereocenters. The van der Waals surface area contributed by atoms with Crippen molar-refractivity contribution in [3.05, 3.63) is 89.9 Å². The van der Waals surface area contributed by atoms with Crippen LogP contribution in [0.25, 0.3) is 11.3 Å². The number of aromatic nitrogens is 3. The third-order valence-electron chi connectivity index (χ3n) is 7.52. The summed E-state index contributed by atoms with van der Waals surface area (Å²) in [6.07, 6.45) is 8.19. The lowest BCUT2D eigenvalue weighted by Gasteiger charge is -2.32. The molecule has 1 saturated heterocycles. The fraction of sp³-hybridized carbons (Fsp3) is 0.312. The highest BCUT2D eigenvalue weighted by Crippen LogP contribution is 2.28. The van der Waals surface area contributed by atoms with Gasteiger partial charge in [0.1, 0.15) is 0 Å². The fourth-order valence-electron chi connectivity index (χ4n) is 4.99. The van der Waals surface area contributed by atoms with Crippen molar-refractivity contribution in [1.29, 1.82) is 0 Å². The number of hydrogen-bond donors (Lipinski definition) is 4. The van der Waals surface area contributed by atoms with Crippen LogP contribution in [-0.4, -0.2) is 70.4 Å². The molecule has 2 aromatic carbocycles. The molecule has 0 aliphatic carbocycles. The summed E-state index contributed by atoms with van der Waals surface area (Å²) in [5, 5.41) is 6.19. The van der Waals surface area contributed by atoms with Crippen molar-refractivity contribution >= 4 is 28.9 Å². The van der Waals surface area contributed by atoms with Gasteiger partial charge >= 0.3 is 0 Å². The number of rotatable bonds is 11. The van der Waals surface area contributed by atoms with E-state index < -0.39 is 0 Å². The monoisotopic (exact) mass is 565 g/mol. The molecule has 1 amide bonds. The molecule has 3 heterocycles. The Hall–Kier alpha value is -4.38. The zero-order chi connectivity index (χ0) is 29.3. The quantitative estimate of drug-likeness (QED) is 0.156. The van der Waals surface area contributed by atoms with E-state index in [-0.39, 0.29) is 5.91 Å². The van der Waals surface area contributed by atoms with Crippen LogP contribution in [0.1, 0.15) is 34.3 Å². The molecule has 0 bridgehead atoms. The summed E-state index contributed by atoms with van der Waals surface area (Å²) in [7, 11) is 2.15. The molecule has 4 aromatic rings. The number of hydrogen-bond acceptors (Lipinski definition) is 9. The molecular weight excluding hydrogens is 526 g/mol. The number of carbonyl (C=O) groups excluding carboxylic acids is 1. The second-order valence-corrected chi connectivity index (χ2v) is 10.7. The Morgan fingerprint density at radius 1 is 0.976 bits per heavy atom. The first kappa shape index (κ1) is 29.1. The number of amides is 1. The van der Waals surface area contributed by atoms with Gasteiger partial charge in [0.2, 0.25) is 5.95 Å². The number of nitrogens with zero attached hydrogens (tertiary/aromatic N) is 5. The summed E-state index contributed by atoms with van der Waals surface area (Å²) in [4.78, 5) is 31.2. The van der Waals surface area contributed by atoms with Gasteiger partial charge < -0.3 is 27.0 Å². The smallest absolute Gasteiger partial charge is 0.255 e. The first-order chi connectivity index (χ1) is 20.5. The minimum absolute atomic E-state index is 0.186. The number of carbonyl (C=O) groups is 1. The molecule has 5 rings (SSSR count). The first-order valence-corrected chi connectivity index (χ1v) is 14.4. The summed E-state index contributed by atoms with van der Waals surface area (Å²) in [6, 6.07) is 17.0. The van der Waals surface area contributed by atoms with Crippen molar-refractivity contribution in [3.63, 3.8) is 0 Å². The minimum Gasteiger partial charge on any atom is -0.397 e. The molecule has 6 N–H and O–H groups in total. The summed E-state index contributed by atoms with van der Waals surface area (Å²) < 4.78 is 0. The largest absolute Gasteiger partial charge is 0.397 e. The number of aryl methyl sites for hydroxylation is 1. The maximum atomic E-state index is 13.0. The summed E-state index contributed by atoms with van der Waals surface area (Å²) in [6.45, 7) is 5.84. The Morgan fingerprint density at radius 2 is 1.79 bits per heavy atom. The maximum Gasteiger partial charge on any atom is 0.255 e. The van der Waals surface area contributed by atoms with Crippen molar-refractivity contribution in [2.45, 2.75) is 25.8 Å². The zero-order valence-electron chi connectivity index (χ0n) is 24.1. The summed E-state index contributed by atoms with van der Waals surface area (Å²) in [5.41, 5.74) is 18.4. The topological polar surface area (TPSA) is 138 Å². The van der Waals surface area contributed by atoms with Crippen LogP contribution in [0.3, 0.4) is 0 Å². The Kier molecular flexibility index (Phi) is 9.70. The Labute approximate surface area is 247 Å². The molecule has 2 aromatic heterocycles. The van der Waals surface area contributed by atoms with Crippen LogP contribution < -0.4 is 22.1 Å². The number of anilines is 4. The molecule has 10 nitrogen and oxygen atoms in total. The highest BCUT2D eigenvalue weighted by Gasteiger charge is 2.15. The van der Waals surface area contributed by atoms with Crippen LogP contribution in [0, 0.1) is 0 Å². The molecule has 218 valence electrons. The van der Waals surface area contributed by atoms with Gasteiger partial charge in [-0.25, -0.2) is 9.97 Å². The highest BCUT2D eigenvalue weighted by molar-refractivity contribution is 6.04. The lowest BCUT2D eigenvalue weighted by atomic mass is 10.0. The Morgan fingerprint density at radius 3 is 2.57 bits per heavy atom. The number of benzene rings is 2. The van der Waals surface area contributed by atoms with E-state index in [1.165, 1.54) is 11.1 Å². The van der Waals surface area contributed by atoms with Crippen molar-refractivity contribution in [1.82, 2.24) is 24.8 Å². The standard InChI is InChI=1S/C32H39N9O/c1-40-16-18-41(19-17-40)22-23-5-7-25(8-6-23)31(42)37-26-9-10-28(34)30(20-26)39-32-36-15-12-29(38-32)27-21-35-14-11-24(27)4-2-3-13-33/h5-12,14-15,20-21H,2-4,13,16-19,22,33-34H2,1H3,(H,37,42)(H,36,38,39). The zero-order valence-corrected chi connectivity index (χ0v) is 24.1. The third kappa shape index (κ3) is 7.67. The molecule has 1 aliphatic heterocycles.